The molecule has 1 fully saturated rings. The largest absolute Gasteiger partial charge is 0.468 e. The molecule has 0 aromatic heterocycles. The van der Waals surface area contributed by atoms with Crippen LogP contribution in [0.15, 0.2) is 18.2 Å². The Kier molecular flexibility index (Phi) is 4.26. The van der Waals surface area contributed by atoms with Crippen LogP contribution in [0.1, 0.15) is 11.6 Å². The molecule has 0 spiro atoms. The van der Waals surface area contributed by atoms with Crippen molar-refractivity contribution >= 4 is 16.8 Å². The molecule has 19 heavy (non-hydrogen) atoms. The Morgan fingerprint density at radius 3 is 2.84 bits per heavy atom. The maximum Gasteiger partial charge on any atom is 0.323 e. The van der Waals surface area contributed by atoms with E-state index in [2.05, 4.69) is 10.1 Å². The average molecular weight is 289 g/mol. The zero-order chi connectivity index (χ0) is 14.0. The maximum absolute atomic E-state index is 13.7. The number of nitrogens with one attached hydrogen (secondary N) is 1. The quantitative estimate of drug-likeness (QED) is 0.822. The molecule has 1 aliphatic rings. The molecule has 1 aromatic carbocycles. The van der Waals surface area contributed by atoms with Crippen LogP contribution < -0.4 is 5.32 Å². The molecule has 1 aromatic rings. The van der Waals surface area contributed by atoms with Gasteiger partial charge in [0.25, 0.3) is 0 Å². The topological polar surface area (TPSA) is 55.4 Å². The van der Waals surface area contributed by atoms with Crippen LogP contribution in [0.25, 0.3) is 0 Å². The fraction of sp³-hybridized carbons (Fsp3) is 0.417. The molecule has 3 atom stereocenters. The Morgan fingerprint density at radius 2 is 2.16 bits per heavy atom. The first-order valence-corrected chi connectivity index (χ1v) is 7.14. The van der Waals surface area contributed by atoms with Gasteiger partial charge in [0, 0.05) is 33.9 Å². The third-order valence-corrected chi connectivity index (χ3v) is 4.34. The molecule has 1 N–H and O–H groups in total. The number of methoxy groups -OCH3 is 1. The Morgan fingerprint density at radius 1 is 1.42 bits per heavy atom. The molecule has 7 heteroatoms. The van der Waals surface area contributed by atoms with E-state index in [-0.39, 0.29) is 17.1 Å². The molecule has 1 heterocycles. The van der Waals surface area contributed by atoms with E-state index in [1.54, 1.807) is 0 Å². The lowest BCUT2D eigenvalue weighted by molar-refractivity contribution is -0.142. The number of hydrogen-bond donors (Lipinski definition) is 1. The molecule has 1 saturated heterocycles. The lowest BCUT2D eigenvalue weighted by Gasteiger charge is -2.29. The second-order valence-corrected chi connectivity index (χ2v) is 5.78. The third-order valence-electron chi connectivity index (χ3n) is 2.93. The molecule has 0 aliphatic carbocycles. The van der Waals surface area contributed by atoms with Crippen LogP contribution >= 0.6 is 0 Å². The van der Waals surface area contributed by atoms with Gasteiger partial charge in [0.1, 0.15) is 17.7 Å². The molecule has 0 amide bonds. The van der Waals surface area contributed by atoms with E-state index >= 15 is 0 Å². The second kappa shape index (κ2) is 5.75. The van der Waals surface area contributed by atoms with Crippen molar-refractivity contribution in [3.63, 3.8) is 0 Å². The summed E-state index contributed by atoms with van der Waals surface area (Å²) in [5.41, 5.74) is 0.0713. The predicted octanol–water partition coefficient (Wildman–Crippen LogP) is 0.899. The van der Waals surface area contributed by atoms with Crippen molar-refractivity contribution in [1.29, 1.82) is 0 Å². The molecule has 0 bridgehead atoms. The Bertz CT molecular complexity index is 524. The van der Waals surface area contributed by atoms with Gasteiger partial charge in [-0.1, -0.05) is 0 Å². The number of carbonyl (C=O) groups is 1. The summed E-state index contributed by atoms with van der Waals surface area (Å²) in [6.07, 6.45) is 0. The van der Waals surface area contributed by atoms with Crippen LogP contribution in [-0.2, 0) is 20.3 Å². The van der Waals surface area contributed by atoms with Gasteiger partial charge in [0.05, 0.1) is 7.11 Å². The minimum absolute atomic E-state index is 0.0713. The normalized spacial score (nSPS) is 27.0. The first-order chi connectivity index (χ1) is 9.01. The van der Waals surface area contributed by atoms with Gasteiger partial charge < -0.3 is 4.74 Å². The van der Waals surface area contributed by atoms with Crippen molar-refractivity contribution in [2.24, 2.45) is 0 Å². The number of hydrogen-bond acceptors (Lipinski definition) is 4. The fourth-order valence-corrected chi connectivity index (χ4v) is 3.41. The predicted molar refractivity (Wildman–Crippen MR) is 65.9 cm³/mol. The molecular weight excluding hydrogens is 276 g/mol. The van der Waals surface area contributed by atoms with Crippen LogP contribution in [-0.4, -0.2) is 34.8 Å². The van der Waals surface area contributed by atoms with Crippen LogP contribution in [0, 0.1) is 11.6 Å². The molecule has 3 unspecified atom stereocenters. The molecule has 104 valence electrons. The van der Waals surface area contributed by atoms with Crippen molar-refractivity contribution in [3.8, 4) is 0 Å². The van der Waals surface area contributed by atoms with Crippen LogP contribution in [0.3, 0.4) is 0 Å². The number of esters is 1. The minimum atomic E-state index is -1.29. The van der Waals surface area contributed by atoms with E-state index in [0.717, 1.165) is 18.2 Å². The highest BCUT2D eigenvalue weighted by Crippen LogP contribution is 2.23. The van der Waals surface area contributed by atoms with Gasteiger partial charge in [-0.25, -0.2) is 8.78 Å². The first-order valence-electron chi connectivity index (χ1n) is 5.65. The molecule has 2 rings (SSSR count). The van der Waals surface area contributed by atoms with E-state index in [4.69, 9.17) is 0 Å². The summed E-state index contributed by atoms with van der Waals surface area (Å²) in [5, 5.41) is 2.84. The lowest BCUT2D eigenvalue weighted by Crippen LogP contribution is -2.50. The molecular formula is C12H13F2NO3S. The first kappa shape index (κ1) is 14.1. The van der Waals surface area contributed by atoms with Crippen molar-refractivity contribution in [2.45, 2.75) is 12.1 Å². The van der Waals surface area contributed by atoms with Crippen LogP contribution in [0.2, 0.25) is 0 Å². The zero-order valence-electron chi connectivity index (χ0n) is 10.2. The van der Waals surface area contributed by atoms with Gasteiger partial charge in [-0.3, -0.25) is 14.3 Å². The highest BCUT2D eigenvalue weighted by atomic mass is 32.2. The standard InChI is InChI=1S/C12H13F2NO3S/c1-18-12(16)11-6-19(17)5-10(15-11)8-4-7(13)2-3-9(8)14/h2-4,10-11,15H,5-6H2,1H3. The highest BCUT2D eigenvalue weighted by Gasteiger charge is 2.33. The SMILES string of the molecule is COC(=O)C1CS(=O)CC(c2cc(F)ccc2F)N1. The van der Waals surface area contributed by atoms with E-state index in [9.17, 15) is 17.8 Å². The summed E-state index contributed by atoms with van der Waals surface area (Å²) in [6.45, 7) is 0. The monoisotopic (exact) mass is 289 g/mol. The summed E-state index contributed by atoms with van der Waals surface area (Å²) < 4.78 is 43.1. The van der Waals surface area contributed by atoms with Crippen molar-refractivity contribution < 1.29 is 22.5 Å². The number of rotatable bonds is 2. The summed E-state index contributed by atoms with van der Waals surface area (Å²) >= 11 is 0. The van der Waals surface area contributed by atoms with Gasteiger partial charge in [0.15, 0.2) is 0 Å². The van der Waals surface area contributed by atoms with Crippen molar-refractivity contribution in [1.82, 2.24) is 5.32 Å². The van der Waals surface area contributed by atoms with E-state index in [1.165, 1.54) is 7.11 Å². The average Bonchev–Trinajstić information content (AvgIpc) is 2.39. The summed E-state index contributed by atoms with van der Waals surface area (Å²) in [6, 6.07) is 1.62. The third kappa shape index (κ3) is 3.16. The molecule has 4 nitrogen and oxygen atoms in total. The van der Waals surface area contributed by atoms with E-state index in [1.807, 2.05) is 0 Å². The van der Waals surface area contributed by atoms with Crippen LogP contribution in [0.4, 0.5) is 8.78 Å². The minimum Gasteiger partial charge on any atom is -0.468 e. The number of benzene rings is 1. The van der Waals surface area contributed by atoms with Gasteiger partial charge in [0.2, 0.25) is 0 Å². The van der Waals surface area contributed by atoms with Gasteiger partial charge in [-0.2, -0.15) is 0 Å². The lowest BCUT2D eigenvalue weighted by atomic mass is 10.1. The fourth-order valence-electron chi connectivity index (χ4n) is 2.02. The summed E-state index contributed by atoms with van der Waals surface area (Å²) in [5.74, 6) is -1.49. The number of ether oxygens (including phenoxy) is 1. The maximum atomic E-state index is 13.7. The van der Waals surface area contributed by atoms with E-state index in [0.29, 0.717) is 0 Å². The number of halogens is 2. The summed E-state index contributed by atoms with van der Waals surface area (Å²) in [4.78, 5) is 11.5. The zero-order valence-corrected chi connectivity index (χ0v) is 11.0. The van der Waals surface area contributed by atoms with Gasteiger partial charge in [-0.05, 0) is 18.2 Å². The summed E-state index contributed by atoms with van der Waals surface area (Å²) in [7, 11) is -0.0688. The van der Waals surface area contributed by atoms with Gasteiger partial charge >= 0.3 is 5.97 Å². The second-order valence-electron chi connectivity index (χ2n) is 4.23. The van der Waals surface area contributed by atoms with Crippen molar-refractivity contribution in [2.75, 3.05) is 18.6 Å². The Balaban J connectivity index is 2.26. The molecule has 0 saturated carbocycles. The molecule has 1 aliphatic heterocycles. The van der Waals surface area contributed by atoms with Crippen LogP contribution in [0.5, 0.6) is 0 Å². The van der Waals surface area contributed by atoms with Crippen molar-refractivity contribution in [3.05, 3.63) is 35.4 Å². The molecule has 0 radical (unpaired) electrons. The Labute approximate surface area is 111 Å². The highest BCUT2D eigenvalue weighted by molar-refractivity contribution is 7.85. The Hall–Kier alpha value is -1.34. The van der Waals surface area contributed by atoms with E-state index < -0.39 is 40.5 Å². The smallest absolute Gasteiger partial charge is 0.323 e. The number of carbonyl (C=O) groups excluding carboxylic acids is 1. The van der Waals surface area contributed by atoms with Gasteiger partial charge in [-0.15, -0.1) is 0 Å².